The third kappa shape index (κ3) is 2.21. The van der Waals surface area contributed by atoms with Crippen molar-refractivity contribution in [2.75, 3.05) is 6.61 Å². The Morgan fingerprint density at radius 3 is 2.72 bits per heavy atom. The Balaban J connectivity index is 2.58. The van der Waals surface area contributed by atoms with Crippen molar-refractivity contribution in [3.63, 3.8) is 0 Å². The average molecular weight is 252 g/mol. The first-order valence-corrected chi connectivity index (χ1v) is 5.96. The van der Waals surface area contributed by atoms with Crippen molar-refractivity contribution >= 4 is 11.2 Å². The fourth-order valence-electron chi connectivity index (χ4n) is 1.79. The van der Waals surface area contributed by atoms with Crippen molar-refractivity contribution < 1.29 is 4.74 Å². The molecule has 2 aromatic heterocycles. The molecule has 0 aliphatic rings. The molecule has 0 fully saturated rings. The van der Waals surface area contributed by atoms with E-state index in [4.69, 9.17) is 4.74 Å². The summed E-state index contributed by atoms with van der Waals surface area (Å²) in [6, 6.07) is 0. The summed E-state index contributed by atoms with van der Waals surface area (Å²) in [5, 5.41) is 0. The highest BCUT2D eigenvalue weighted by Gasteiger charge is 2.12. The van der Waals surface area contributed by atoms with Crippen LogP contribution in [0, 0.1) is 0 Å². The third-order valence-corrected chi connectivity index (χ3v) is 2.57. The average Bonchev–Trinajstić information content (AvgIpc) is 2.76. The van der Waals surface area contributed by atoms with Gasteiger partial charge in [-0.2, -0.15) is 0 Å². The molecule has 0 saturated carbocycles. The molecule has 0 amide bonds. The molecule has 0 bridgehead atoms. The van der Waals surface area contributed by atoms with Crippen LogP contribution in [-0.4, -0.2) is 26.1 Å². The zero-order valence-corrected chi connectivity index (χ0v) is 10.4. The van der Waals surface area contributed by atoms with E-state index in [1.165, 1.54) is 4.57 Å². The SMILES string of the molecule is CCCn1c(=O)[nH]c(=O)c2[nH]c(COCC)nc21. The van der Waals surface area contributed by atoms with Crippen molar-refractivity contribution in [2.45, 2.75) is 33.4 Å². The summed E-state index contributed by atoms with van der Waals surface area (Å²) < 4.78 is 6.69. The number of aryl methyl sites for hydroxylation is 1. The van der Waals surface area contributed by atoms with Crippen LogP contribution in [0.2, 0.25) is 0 Å². The normalized spacial score (nSPS) is 11.2. The predicted octanol–water partition coefficient (Wildman–Crippen LogP) is 0.359. The van der Waals surface area contributed by atoms with E-state index in [9.17, 15) is 9.59 Å². The zero-order chi connectivity index (χ0) is 13.1. The van der Waals surface area contributed by atoms with Crippen LogP contribution in [0.15, 0.2) is 9.59 Å². The Morgan fingerprint density at radius 2 is 2.06 bits per heavy atom. The minimum Gasteiger partial charge on any atom is -0.374 e. The maximum atomic E-state index is 11.7. The van der Waals surface area contributed by atoms with Crippen LogP contribution < -0.4 is 11.2 Å². The Kier molecular flexibility index (Phi) is 3.61. The van der Waals surface area contributed by atoms with Crippen molar-refractivity contribution in [1.29, 1.82) is 0 Å². The van der Waals surface area contributed by atoms with Gasteiger partial charge < -0.3 is 9.72 Å². The van der Waals surface area contributed by atoms with E-state index in [1.807, 2.05) is 13.8 Å². The van der Waals surface area contributed by atoms with Gasteiger partial charge in [-0.25, -0.2) is 9.78 Å². The lowest BCUT2D eigenvalue weighted by molar-refractivity contribution is 0.129. The van der Waals surface area contributed by atoms with E-state index in [0.717, 1.165) is 6.42 Å². The summed E-state index contributed by atoms with van der Waals surface area (Å²) in [6.45, 7) is 5.21. The standard InChI is InChI=1S/C11H16N4O3/c1-3-5-15-9-8(10(16)14-11(15)17)12-7(13-9)6-18-4-2/h3-6H2,1-2H3,(H,12,13)(H,14,16,17). The van der Waals surface area contributed by atoms with Crippen LogP contribution in [0.4, 0.5) is 0 Å². The predicted molar refractivity (Wildman–Crippen MR) is 66.6 cm³/mol. The monoisotopic (exact) mass is 252 g/mol. The number of ether oxygens (including phenoxy) is 1. The highest BCUT2D eigenvalue weighted by molar-refractivity contribution is 5.69. The molecule has 0 atom stereocenters. The van der Waals surface area contributed by atoms with E-state index in [-0.39, 0.29) is 0 Å². The number of fused-ring (bicyclic) bond motifs is 1. The smallest absolute Gasteiger partial charge is 0.330 e. The molecule has 7 nitrogen and oxygen atoms in total. The van der Waals surface area contributed by atoms with Crippen LogP contribution in [0.25, 0.3) is 11.2 Å². The Labute approximate surface area is 103 Å². The second-order valence-electron chi connectivity index (χ2n) is 3.93. The lowest BCUT2D eigenvalue weighted by Crippen LogP contribution is -2.30. The number of aromatic amines is 2. The molecule has 2 heterocycles. The van der Waals surface area contributed by atoms with E-state index in [2.05, 4.69) is 15.0 Å². The highest BCUT2D eigenvalue weighted by atomic mass is 16.5. The molecule has 7 heteroatoms. The van der Waals surface area contributed by atoms with Gasteiger partial charge in [0, 0.05) is 13.2 Å². The van der Waals surface area contributed by atoms with Gasteiger partial charge in [-0.15, -0.1) is 0 Å². The van der Waals surface area contributed by atoms with E-state index in [0.29, 0.717) is 36.7 Å². The van der Waals surface area contributed by atoms with E-state index in [1.54, 1.807) is 0 Å². The molecule has 0 unspecified atom stereocenters. The van der Waals surface area contributed by atoms with E-state index >= 15 is 0 Å². The second kappa shape index (κ2) is 5.18. The van der Waals surface area contributed by atoms with Gasteiger partial charge >= 0.3 is 5.69 Å². The number of nitrogens with one attached hydrogen (secondary N) is 2. The molecule has 0 aromatic carbocycles. The van der Waals surface area contributed by atoms with Gasteiger partial charge in [-0.3, -0.25) is 14.3 Å². The van der Waals surface area contributed by atoms with Gasteiger partial charge in [0.1, 0.15) is 17.9 Å². The number of nitrogens with zero attached hydrogens (tertiary/aromatic N) is 2. The lowest BCUT2D eigenvalue weighted by Gasteiger charge is -2.02. The molecular weight excluding hydrogens is 236 g/mol. The molecule has 0 aliphatic carbocycles. The molecular formula is C11H16N4O3. The van der Waals surface area contributed by atoms with Gasteiger partial charge in [-0.05, 0) is 13.3 Å². The fourth-order valence-corrected chi connectivity index (χ4v) is 1.79. The fraction of sp³-hybridized carbons (Fsp3) is 0.545. The van der Waals surface area contributed by atoms with Crippen LogP contribution in [0.1, 0.15) is 26.1 Å². The van der Waals surface area contributed by atoms with Crippen LogP contribution in [0.5, 0.6) is 0 Å². The lowest BCUT2D eigenvalue weighted by atomic mass is 10.4. The largest absolute Gasteiger partial charge is 0.374 e. The number of hydrogen-bond acceptors (Lipinski definition) is 4. The molecule has 98 valence electrons. The van der Waals surface area contributed by atoms with Crippen molar-refractivity contribution in [2.24, 2.45) is 0 Å². The molecule has 2 N–H and O–H groups in total. The number of hydrogen-bond donors (Lipinski definition) is 2. The molecule has 0 spiro atoms. The van der Waals surface area contributed by atoms with Crippen molar-refractivity contribution in [3.8, 4) is 0 Å². The topological polar surface area (TPSA) is 92.8 Å². The first-order valence-electron chi connectivity index (χ1n) is 5.96. The first-order chi connectivity index (χ1) is 8.67. The van der Waals surface area contributed by atoms with Crippen LogP contribution >= 0.6 is 0 Å². The Morgan fingerprint density at radius 1 is 1.28 bits per heavy atom. The molecule has 2 rings (SSSR count). The number of H-pyrrole nitrogens is 2. The molecule has 0 aliphatic heterocycles. The van der Waals surface area contributed by atoms with Crippen LogP contribution in [-0.2, 0) is 17.9 Å². The minimum atomic E-state index is -0.447. The summed E-state index contributed by atoms with van der Waals surface area (Å²) in [5.41, 5.74) is -0.167. The van der Waals surface area contributed by atoms with Gasteiger partial charge in [0.15, 0.2) is 5.65 Å². The summed E-state index contributed by atoms with van der Waals surface area (Å²) in [5.74, 6) is 0.549. The van der Waals surface area contributed by atoms with Gasteiger partial charge in [-0.1, -0.05) is 6.92 Å². The maximum absolute atomic E-state index is 11.7. The maximum Gasteiger partial charge on any atom is 0.330 e. The minimum absolute atomic E-state index is 0.297. The molecule has 0 radical (unpaired) electrons. The number of aromatic nitrogens is 4. The van der Waals surface area contributed by atoms with Gasteiger partial charge in [0.25, 0.3) is 5.56 Å². The summed E-state index contributed by atoms with van der Waals surface area (Å²) in [4.78, 5) is 32.8. The zero-order valence-electron chi connectivity index (χ0n) is 10.4. The third-order valence-electron chi connectivity index (χ3n) is 2.57. The van der Waals surface area contributed by atoms with Gasteiger partial charge in [0.05, 0.1) is 0 Å². The Hall–Kier alpha value is -1.89. The highest BCUT2D eigenvalue weighted by Crippen LogP contribution is 2.06. The van der Waals surface area contributed by atoms with Crippen molar-refractivity contribution in [1.82, 2.24) is 19.5 Å². The molecule has 2 aromatic rings. The van der Waals surface area contributed by atoms with Crippen molar-refractivity contribution in [3.05, 3.63) is 26.7 Å². The van der Waals surface area contributed by atoms with Gasteiger partial charge in [0.2, 0.25) is 0 Å². The number of rotatable bonds is 5. The number of imidazole rings is 1. The molecule has 18 heavy (non-hydrogen) atoms. The summed E-state index contributed by atoms with van der Waals surface area (Å²) in [7, 11) is 0. The van der Waals surface area contributed by atoms with E-state index < -0.39 is 11.2 Å². The van der Waals surface area contributed by atoms with Crippen LogP contribution in [0.3, 0.4) is 0 Å². The summed E-state index contributed by atoms with van der Waals surface area (Å²) >= 11 is 0. The Bertz CT molecular complexity index is 652. The first kappa shape index (κ1) is 12.6. The summed E-state index contributed by atoms with van der Waals surface area (Å²) in [6.07, 6.45) is 0.786. The molecule has 0 saturated heterocycles. The second-order valence-corrected chi connectivity index (χ2v) is 3.93. The quantitative estimate of drug-likeness (QED) is 0.803.